The van der Waals surface area contributed by atoms with Gasteiger partial charge in [0, 0.05) is 11.6 Å². The van der Waals surface area contributed by atoms with E-state index in [0.29, 0.717) is 6.04 Å². The van der Waals surface area contributed by atoms with Gasteiger partial charge in [-0.2, -0.15) is 0 Å². The van der Waals surface area contributed by atoms with Crippen LogP contribution in [0.5, 0.6) is 5.75 Å². The van der Waals surface area contributed by atoms with Crippen LogP contribution in [0.4, 0.5) is 0 Å². The molecule has 19 heavy (non-hydrogen) atoms. The lowest BCUT2D eigenvalue weighted by Gasteiger charge is -2.20. The van der Waals surface area contributed by atoms with Crippen molar-refractivity contribution in [1.82, 2.24) is 5.32 Å². The molecular formula is C17H25NO. The van der Waals surface area contributed by atoms with Gasteiger partial charge in [0.25, 0.3) is 0 Å². The van der Waals surface area contributed by atoms with Crippen LogP contribution in [0.25, 0.3) is 5.57 Å². The third-order valence-corrected chi connectivity index (χ3v) is 3.51. The molecule has 0 bridgehead atoms. The first-order chi connectivity index (χ1) is 9.18. The summed E-state index contributed by atoms with van der Waals surface area (Å²) in [7, 11) is 0. The van der Waals surface area contributed by atoms with Gasteiger partial charge in [-0.05, 0) is 43.9 Å². The van der Waals surface area contributed by atoms with Gasteiger partial charge in [0.05, 0.1) is 6.61 Å². The maximum atomic E-state index is 5.86. The molecule has 2 nitrogen and oxygen atoms in total. The molecule has 1 aromatic carbocycles. The molecule has 1 aromatic rings. The molecule has 0 spiro atoms. The molecule has 0 saturated carbocycles. The van der Waals surface area contributed by atoms with Crippen LogP contribution in [-0.2, 0) is 6.42 Å². The van der Waals surface area contributed by atoms with Crippen LogP contribution in [0.3, 0.4) is 0 Å². The lowest BCUT2D eigenvalue weighted by molar-refractivity contribution is 0.287. The highest BCUT2D eigenvalue weighted by Gasteiger charge is 2.14. The Labute approximate surface area is 116 Å². The van der Waals surface area contributed by atoms with Crippen LogP contribution >= 0.6 is 0 Å². The van der Waals surface area contributed by atoms with Crippen LogP contribution in [0.15, 0.2) is 24.3 Å². The van der Waals surface area contributed by atoms with Crippen molar-refractivity contribution in [3.8, 4) is 5.75 Å². The predicted octanol–water partition coefficient (Wildman–Crippen LogP) is 3.80. The minimum absolute atomic E-state index is 0.557. The summed E-state index contributed by atoms with van der Waals surface area (Å²) in [6.45, 7) is 8.43. The summed E-state index contributed by atoms with van der Waals surface area (Å²) < 4.78 is 5.86. The average Bonchev–Trinajstić information content (AvgIpc) is 2.42. The molecule has 0 fully saturated rings. The lowest BCUT2D eigenvalue weighted by Crippen LogP contribution is -2.23. The standard InChI is InChI=1S/C17H25NO/c1-13(2)18-11-5-7-14(3)16-10-4-8-15-9-6-12-19-17(15)16/h4,7-8,10,13,18H,5-6,9,11-12H2,1-3H3/b14-7-. The van der Waals surface area contributed by atoms with Crippen LogP contribution < -0.4 is 10.1 Å². The predicted molar refractivity (Wildman–Crippen MR) is 81.7 cm³/mol. The number of hydrogen-bond donors (Lipinski definition) is 1. The molecular weight excluding hydrogens is 234 g/mol. The van der Waals surface area contributed by atoms with Gasteiger partial charge in [-0.25, -0.2) is 0 Å². The van der Waals surface area contributed by atoms with Crippen molar-refractivity contribution >= 4 is 5.57 Å². The third kappa shape index (κ3) is 3.84. The van der Waals surface area contributed by atoms with E-state index in [1.54, 1.807) is 0 Å². The minimum atomic E-state index is 0.557. The van der Waals surface area contributed by atoms with E-state index in [9.17, 15) is 0 Å². The normalized spacial score (nSPS) is 15.3. The zero-order valence-corrected chi connectivity index (χ0v) is 12.3. The maximum absolute atomic E-state index is 5.86. The summed E-state index contributed by atoms with van der Waals surface area (Å²) >= 11 is 0. The summed E-state index contributed by atoms with van der Waals surface area (Å²) in [5, 5.41) is 3.44. The fourth-order valence-electron chi connectivity index (χ4n) is 2.47. The molecule has 2 rings (SSSR count). The lowest BCUT2D eigenvalue weighted by atomic mass is 9.98. The molecule has 1 aliphatic heterocycles. The van der Waals surface area contributed by atoms with E-state index < -0.39 is 0 Å². The Bertz CT molecular complexity index is 449. The van der Waals surface area contributed by atoms with E-state index in [0.717, 1.165) is 38.2 Å². The second kappa shape index (κ2) is 6.76. The Morgan fingerprint density at radius 3 is 3.05 bits per heavy atom. The molecule has 104 valence electrons. The number of benzene rings is 1. The van der Waals surface area contributed by atoms with Gasteiger partial charge < -0.3 is 10.1 Å². The largest absolute Gasteiger partial charge is 0.493 e. The average molecular weight is 259 g/mol. The Kier molecular flexibility index (Phi) is 5.03. The third-order valence-electron chi connectivity index (χ3n) is 3.51. The van der Waals surface area contributed by atoms with Crippen molar-refractivity contribution in [3.05, 3.63) is 35.4 Å². The van der Waals surface area contributed by atoms with Crippen molar-refractivity contribution in [2.24, 2.45) is 0 Å². The van der Waals surface area contributed by atoms with Gasteiger partial charge in [-0.1, -0.05) is 38.1 Å². The summed E-state index contributed by atoms with van der Waals surface area (Å²) in [6, 6.07) is 7.06. The zero-order valence-electron chi connectivity index (χ0n) is 12.3. The number of hydrogen-bond acceptors (Lipinski definition) is 2. The SMILES string of the molecule is C/C(=C/CCNC(C)C)c1cccc2c1OCCC2. The zero-order chi connectivity index (χ0) is 13.7. The van der Waals surface area contributed by atoms with Crippen molar-refractivity contribution in [3.63, 3.8) is 0 Å². The Morgan fingerprint density at radius 1 is 1.42 bits per heavy atom. The topological polar surface area (TPSA) is 21.3 Å². The van der Waals surface area contributed by atoms with Gasteiger partial charge in [-0.3, -0.25) is 0 Å². The van der Waals surface area contributed by atoms with Gasteiger partial charge in [0.1, 0.15) is 5.75 Å². The number of nitrogens with one attached hydrogen (secondary N) is 1. The van der Waals surface area contributed by atoms with Crippen LogP contribution in [-0.4, -0.2) is 19.2 Å². The van der Waals surface area contributed by atoms with Gasteiger partial charge in [-0.15, -0.1) is 0 Å². The van der Waals surface area contributed by atoms with Gasteiger partial charge in [0.2, 0.25) is 0 Å². The first-order valence-electron chi connectivity index (χ1n) is 7.33. The Hall–Kier alpha value is -1.28. The highest BCUT2D eigenvalue weighted by atomic mass is 16.5. The first-order valence-corrected chi connectivity index (χ1v) is 7.33. The minimum Gasteiger partial charge on any atom is -0.493 e. The molecule has 0 unspecified atom stereocenters. The van der Waals surface area contributed by atoms with Crippen molar-refractivity contribution in [2.75, 3.05) is 13.2 Å². The number of ether oxygens (including phenoxy) is 1. The van der Waals surface area contributed by atoms with E-state index in [1.165, 1.54) is 16.7 Å². The number of fused-ring (bicyclic) bond motifs is 1. The smallest absolute Gasteiger partial charge is 0.129 e. The Morgan fingerprint density at radius 2 is 2.26 bits per heavy atom. The molecule has 1 N–H and O–H groups in total. The molecule has 0 amide bonds. The molecule has 1 aliphatic rings. The second-order valence-corrected chi connectivity index (χ2v) is 5.53. The summed E-state index contributed by atoms with van der Waals surface area (Å²) in [4.78, 5) is 0. The maximum Gasteiger partial charge on any atom is 0.129 e. The molecule has 1 heterocycles. The fourth-order valence-corrected chi connectivity index (χ4v) is 2.47. The fraction of sp³-hybridized carbons (Fsp3) is 0.529. The van der Waals surface area contributed by atoms with Crippen molar-refractivity contribution < 1.29 is 4.74 Å². The van der Waals surface area contributed by atoms with Crippen LogP contribution in [0, 0.1) is 0 Å². The van der Waals surface area contributed by atoms with E-state index >= 15 is 0 Å². The number of aryl methyl sites for hydroxylation is 1. The summed E-state index contributed by atoms with van der Waals surface area (Å²) in [5.41, 5.74) is 3.95. The summed E-state index contributed by atoms with van der Waals surface area (Å²) in [6.07, 6.45) is 5.65. The van der Waals surface area contributed by atoms with E-state index in [1.807, 2.05) is 0 Å². The van der Waals surface area contributed by atoms with Gasteiger partial charge >= 0.3 is 0 Å². The number of allylic oxidation sites excluding steroid dienone is 1. The Balaban J connectivity index is 2.06. The highest BCUT2D eigenvalue weighted by Crippen LogP contribution is 2.33. The highest BCUT2D eigenvalue weighted by molar-refractivity contribution is 5.70. The molecule has 2 heteroatoms. The second-order valence-electron chi connectivity index (χ2n) is 5.53. The monoisotopic (exact) mass is 259 g/mol. The number of para-hydroxylation sites is 1. The molecule has 0 atom stereocenters. The quantitative estimate of drug-likeness (QED) is 0.812. The van der Waals surface area contributed by atoms with Crippen molar-refractivity contribution in [2.45, 2.75) is 46.1 Å². The summed E-state index contributed by atoms with van der Waals surface area (Å²) in [5.74, 6) is 1.11. The van der Waals surface area contributed by atoms with E-state index in [-0.39, 0.29) is 0 Å². The van der Waals surface area contributed by atoms with Gasteiger partial charge in [0.15, 0.2) is 0 Å². The molecule has 0 saturated heterocycles. The van der Waals surface area contributed by atoms with E-state index in [4.69, 9.17) is 4.74 Å². The van der Waals surface area contributed by atoms with Crippen molar-refractivity contribution in [1.29, 1.82) is 0 Å². The molecule has 0 aromatic heterocycles. The van der Waals surface area contributed by atoms with Crippen LogP contribution in [0.2, 0.25) is 0 Å². The number of rotatable bonds is 5. The molecule has 0 aliphatic carbocycles. The van der Waals surface area contributed by atoms with E-state index in [2.05, 4.69) is 50.4 Å². The molecule has 0 radical (unpaired) electrons. The van der Waals surface area contributed by atoms with Crippen LogP contribution in [0.1, 0.15) is 44.7 Å². The first kappa shape index (κ1) is 14.1.